The van der Waals surface area contributed by atoms with Crippen LogP contribution < -0.4 is 10.6 Å². The maximum atomic E-state index is 12.3. The van der Waals surface area contributed by atoms with Gasteiger partial charge in [-0.1, -0.05) is 36.4 Å². The molecule has 0 heterocycles. The molecule has 0 unspecified atom stereocenters. The van der Waals surface area contributed by atoms with Crippen molar-refractivity contribution in [2.24, 2.45) is 0 Å². The van der Waals surface area contributed by atoms with E-state index in [1.807, 2.05) is 36.4 Å². The maximum absolute atomic E-state index is 12.3. The lowest BCUT2D eigenvalue weighted by atomic mass is 10.1. The fraction of sp³-hybridized carbons (Fsp3) is 0.167. The van der Waals surface area contributed by atoms with E-state index < -0.39 is 0 Å². The molecule has 2 amide bonds. The van der Waals surface area contributed by atoms with Gasteiger partial charge in [0.2, 0.25) is 0 Å². The summed E-state index contributed by atoms with van der Waals surface area (Å²) >= 11 is 3.41. The Morgan fingerprint density at radius 1 is 0.567 bits per heavy atom. The number of hydrogen-bond donors (Lipinski definition) is 2. The van der Waals surface area contributed by atoms with Gasteiger partial charge in [0, 0.05) is 45.5 Å². The van der Waals surface area contributed by atoms with Gasteiger partial charge in [0.15, 0.2) is 0 Å². The normalized spacial score (nSPS) is 10.4. The predicted molar refractivity (Wildman–Crippen MR) is 125 cm³/mol. The first-order chi connectivity index (χ1) is 14.7. The molecule has 0 atom stereocenters. The molecule has 0 aromatic heterocycles. The summed E-state index contributed by atoms with van der Waals surface area (Å²) in [5.74, 6) is 1.35. The number of rotatable bonds is 10. The van der Waals surface area contributed by atoms with Crippen molar-refractivity contribution in [3.05, 3.63) is 96.1 Å². The third-order valence-corrected chi connectivity index (χ3v) is 6.24. The van der Waals surface area contributed by atoms with Crippen LogP contribution in [-0.2, 0) is 0 Å². The minimum atomic E-state index is -0.130. The summed E-state index contributed by atoms with van der Waals surface area (Å²) in [6, 6.07) is 26.9. The van der Waals surface area contributed by atoms with Crippen LogP contribution in [0.3, 0.4) is 0 Å². The standard InChI is InChI=1S/C24H24N2O2S2/c27-23(25-15-17-29-21-7-3-1-4-8-21)19-11-13-20(14-12-19)24(28)26-16-18-30-22-9-5-2-6-10-22/h1-14H,15-18H2,(H,25,27)(H,26,28). The van der Waals surface area contributed by atoms with Gasteiger partial charge in [0.05, 0.1) is 0 Å². The molecule has 3 rings (SSSR count). The summed E-state index contributed by atoms with van der Waals surface area (Å²) in [5, 5.41) is 5.82. The SMILES string of the molecule is O=C(NCCSc1ccccc1)c1ccc(C(=O)NCCSc2ccccc2)cc1. The second-order valence-corrected chi connectivity index (χ2v) is 8.75. The molecular weight excluding hydrogens is 412 g/mol. The van der Waals surface area contributed by atoms with E-state index in [1.54, 1.807) is 47.8 Å². The average Bonchev–Trinajstić information content (AvgIpc) is 2.81. The molecule has 0 fully saturated rings. The summed E-state index contributed by atoms with van der Waals surface area (Å²) in [6.07, 6.45) is 0. The highest BCUT2D eigenvalue weighted by molar-refractivity contribution is 7.99. The smallest absolute Gasteiger partial charge is 0.251 e. The quantitative estimate of drug-likeness (QED) is 0.356. The Morgan fingerprint density at radius 2 is 0.933 bits per heavy atom. The molecule has 154 valence electrons. The van der Waals surface area contributed by atoms with E-state index in [4.69, 9.17) is 0 Å². The topological polar surface area (TPSA) is 58.2 Å². The number of amides is 2. The molecule has 0 aliphatic rings. The third kappa shape index (κ3) is 7.28. The minimum absolute atomic E-state index is 0.130. The van der Waals surface area contributed by atoms with Crippen LogP contribution in [0.5, 0.6) is 0 Å². The molecule has 0 saturated heterocycles. The van der Waals surface area contributed by atoms with Crippen LogP contribution in [0.2, 0.25) is 0 Å². The molecule has 0 spiro atoms. The van der Waals surface area contributed by atoms with Crippen LogP contribution >= 0.6 is 23.5 Å². The second-order valence-electron chi connectivity index (χ2n) is 6.41. The van der Waals surface area contributed by atoms with Crippen molar-refractivity contribution in [1.29, 1.82) is 0 Å². The van der Waals surface area contributed by atoms with Crippen molar-refractivity contribution in [1.82, 2.24) is 10.6 Å². The molecule has 0 radical (unpaired) electrons. The number of benzene rings is 3. The monoisotopic (exact) mass is 436 g/mol. The Labute approximate surface area is 185 Å². The second kappa shape index (κ2) is 12.1. The summed E-state index contributed by atoms with van der Waals surface area (Å²) < 4.78 is 0. The van der Waals surface area contributed by atoms with E-state index in [0.717, 1.165) is 11.5 Å². The Bertz CT molecular complexity index is 854. The van der Waals surface area contributed by atoms with Gasteiger partial charge in [0.1, 0.15) is 0 Å². The fourth-order valence-electron chi connectivity index (χ4n) is 2.68. The van der Waals surface area contributed by atoms with E-state index in [-0.39, 0.29) is 11.8 Å². The summed E-state index contributed by atoms with van der Waals surface area (Å²) in [4.78, 5) is 26.9. The van der Waals surface area contributed by atoms with Gasteiger partial charge < -0.3 is 10.6 Å². The lowest BCUT2D eigenvalue weighted by Gasteiger charge is -2.07. The number of carbonyl (C=O) groups is 2. The molecule has 3 aromatic rings. The molecule has 6 heteroatoms. The highest BCUT2D eigenvalue weighted by Crippen LogP contribution is 2.16. The number of hydrogen-bond acceptors (Lipinski definition) is 4. The van der Waals surface area contributed by atoms with Crippen molar-refractivity contribution in [2.45, 2.75) is 9.79 Å². The first-order valence-corrected chi connectivity index (χ1v) is 11.7. The zero-order chi connectivity index (χ0) is 21.0. The van der Waals surface area contributed by atoms with E-state index >= 15 is 0 Å². The average molecular weight is 437 g/mol. The third-order valence-electron chi connectivity index (χ3n) is 4.21. The minimum Gasteiger partial charge on any atom is -0.351 e. The molecule has 4 nitrogen and oxygen atoms in total. The Kier molecular flexibility index (Phi) is 8.87. The Morgan fingerprint density at radius 3 is 1.30 bits per heavy atom. The zero-order valence-electron chi connectivity index (χ0n) is 16.5. The Hall–Kier alpha value is -2.70. The lowest BCUT2D eigenvalue weighted by Crippen LogP contribution is -2.27. The van der Waals surface area contributed by atoms with Crippen molar-refractivity contribution in [3.8, 4) is 0 Å². The van der Waals surface area contributed by atoms with E-state index in [1.165, 1.54) is 9.79 Å². The first-order valence-electron chi connectivity index (χ1n) is 9.74. The molecule has 30 heavy (non-hydrogen) atoms. The van der Waals surface area contributed by atoms with Crippen molar-refractivity contribution in [3.63, 3.8) is 0 Å². The van der Waals surface area contributed by atoms with Crippen LogP contribution in [0.25, 0.3) is 0 Å². The highest BCUT2D eigenvalue weighted by Gasteiger charge is 2.08. The maximum Gasteiger partial charge on any atom is 0.251 e. The van der Waals surface area contributed by atoms with Crippen LogP contribution in [0.15, 0.2) is 94.7 Å². The van der Waals surface area contributed by atoms with E-state index in [2.05, 4.69) is 34.9 Å². The number of nitrogens with one attached hydrogen (secondary N) is 2. The fourth-order valence-corrected chi connectivity index (χ4v) is 4.26. The predicted octanol–water partition coefficient (Wildman–Crippen LogP) is 4.73. The largest absolute Gasteiger partial charge is 0.351 e. The number of carbonyl (C=O) groups excluding carboxylic acids is 2. The van der Waals surface area contributed by atoms with Gasteiger partial charge in [-0.2, -0.15) is 0 Å². The lowest BCUT2D eigenvalue weighted by molar-refractivity contribution is 0.0944. The Balaban J connectivity index is 1.36. The zero-order valence-corrected chi connectivity index (χ0v) is 18.2. The number of thioether (sulfide) groups is 2. The van der Waals surface area contributed by atoms with Crippen LogP contribution in [0.1, 0.15) is 20.7 Å². The summed E-state index contributed by atoms with van der Waals surface area (Å²) in [5.41, 5.74) is 1.10. The summed E-state index contributed by atoms with van der Waals surface area (Å²) in [6.45, 7) is 1.17. The molecule has 0 saturated carbocycles. The molecule has 3 aromatic carbocycles. The van der Waals surface area contributed by atoms with Crippen molar-refractivity contribution >= 4 is 35.3 Å². The van der Waals surface area contributed by atoms with Gasteiger partial charge in [-0.05, 0) is 48.5 Å². The van der Waals surface area contributed by atoms with Crippen molar-refractivity contribution in [2.75, 3.05) is 24.6 Å². The first kappa shape index (κ1) is 22.0. The van der Waals surface area contributed by atoms with Crippen molar-refractivity contribution < 1.29 is 9.59 Å². The molecule has 2 N–H and O–H groups in total. The van der Waals surface area contributed by atoms with Crippen LogP contribution in [-0.4, -0.2) is 36.4 Å². The molecule has 0 aliphatic heterocycles. The highest BCUT2D eigenvalue weighted by atomic mass is 32.2. The van der Waals surface area contributed by atoms with Crippen LogP contribution in [0, 0.1) is 0 Å². The van der Waals surface area contributed by atoms with Gasteiger partial charge in [-0.3, -0.25) is 9.59 Å². The van der Waals surface area contributed by atoms with Gasteiger partial charge in [0.25, 0.3) is 11.8 Å². The van der Waals surface area contributed by atoms with Gasteiger partial charge >= 0.3 is 0 Å². The van der Waals surface area contributed by atoms with Gasteiger partial charge in [-0.25, -0.2) is 0 Å². The van der Waals surface area contributed by atoms with E-state index in [9.17, 15) is 9.59 Å². The molecule has 0 bridgehead atoms. The van der Waals surface area contributed by atoms with E-state index in [0.29, 0.717) is 24.2 Å². The van der Waals surface area contributed by atoms with Gasteiger partial charge in [-0.15, -0.1) is 23.5 Å². The summed E-state index contributed by atoms with van der Waals surface area (Å²) in [7, 11) is 0. The van der Waals surface area contributed by atoms with Crippen LogP contribution in [0.4, 0.5) is 0 Å². The molecular formula is C24H24N2O2S2. The molecule has 0 aliphatic carbocycles.